The third kappa shape index (κ3) is 2.11. The van der Waals surface area contributed by atoms with E-state index in [-0.39, 0.29) is 0 Å². The largest absolute Gasteiger partial charge is 0.249 e. The van der Waals surface area contributed by atoms with Crippen LogP contribution in [0.5, 0.6) is 0 Å². The number of hydrogen-bond donors (Lipinski definition) is 0. The van der Waals surface area contributed by atoms with Crippen LogP contribution >= 0.6 is 0 Å². The number of nitrogens with zero attached hydrogens (tertiary/aromatic N) is 3. The molecule has 0 radical (unpaired) electrons. The summed E-state index contributed by atoms with van der Waals surface area (Å²) in [7, 11) is 0. The van der Waals surface area contributed by atoms with Gasteiger partial charge in [0.05, 0.1) is 0 Å². The fourth-order valence-corrected chi connectivity index (χ4v) is 0.881. The Balaban J connectivity index is 3.08. The van der Waals surface area contributed by atoms with Crippen LogP contribution in [0.1, 0.15) is 18.3 Å². The first kappa shape index (κ1) is 7.85. The van der Waals surface area contributed by atoms with Crippen LogP contribution in [0.2, 0.25) is 0 Å². The highest BCUT2D eigenvalue weighted by atomic mass is 15.0. The monoisotopic (exact) mass is 149 g/mol. The molecule has 1 aromatic rings. The molecule has 3 nitrogen and oxygen atoms in total. The smallest absolute Gasteiger partial charge is 0.224 e. The molecule has 0 saturated carbocycles. The number of rotatable bonds is 1. The molecule has 1 rings (SSSR count). The molecule has 0 fully saturated rings. The fraction of sp³-hybridized carbons (Fsp3) is 0.375. The van der Waals surface area contributed by atoms with Gasteiger partial charge in [-0.2, -0.15) is 0 Å². The van der Waals surface area contributed by atoms with Gasteiger partial charge in [0.25, 0.3) is 0 Å². The lowest BCUT2D eigenvalue weighted by Crippen LogP contribution is -1.88. The predicted octanol–water partition coefficient (Wildman–Crippen LogP) is 1.82. The van der Waals surface area contributed by atoms with Crippen LogP contribution in [0.3, 0.4) is 0 Å². The minimum atomic E-state index is 0.546. The first-order chi connectivity index (χ1) is 5.22. The summed E-state index contributed by atoms with van der Waals surface area (Å²) in [4.78, 5) is 12.2. The van der Waals surface area contributed by atoms with Crippen LogP contribution in [-0.4, -0.2) is 16.2 Å². The van der Waals surface area contributed by atoms with Crippen LogP contribution < -0.4 is 0 Å². The lowest BCUT2D eigenvalue weighted by Gasteiger charge is -1.95. The zero-order valence-corrected chi connectivity index (χ0v) is 7.00. The van der Waals surface area contributed by atoms with E-state index in [4.69, 9.17) is 0 Å². The number of aliphatic imine (C=N–C) groups is 1. The van der Waals surface area contributed by atoms with Crippen molar-refractivity contribution in [3.8, 4) is 0 Å². The molecule has 3 heteroatoms. The van der Waals surface area contributed by atoms with Crippen molar-refractivity contribution < 1.29 is 0 Å². The highest BCUT2D eigenvalue weighted by Gasteiger charge is 1.94. The van der Waals surface area contributed by atoms with E-state index in [9.17, 15) is 0 Å². The summed E-state index contributed by atoms with van der Waals surface area (Å²) in [5.41, 5.74) is 1.91. The van der Waals surface area contributed by atoms with E-state index >= 15 is 0 Å². The van der Waals surface area contributed by atoms with Crippen molar-refractivity contribution >= 4 is 12.2 Å². The fourth-order valence-electron chi connectivity index (χ4n) is 0.881. The summed E-state index contributed by atoms with van der Waals surface area (Å²) >= 11 is 0. The molecule has 0 amide bonds. The van der Waals surface area contributed by atoms with Gasteiger partial charge in [-0.25, -0.2) is 15.0 Å². The van der Waals surface area contributed by atoms with Crippen LogP contribution in [0.15, 0.2) is 11.1 Å². The Morgan fingerprint density at radius 1 is 1.27 bits per heavy atom. The molecule has 0 aliphatic carbocycles. The number of aromatic nitrogens is 2. The standard InChI is InChI=1S/C8H11N3/c1-4-9-8-10-6(2)5-7(3)11-8/h4-5H,1-3H3. The molecule has 0 spiro atoms. The van der Waals surface area contributed by atoms with Crippen LogP contribution in [0, 0.1) is 13.8 Å². The summed E-state index contributed by atoms with van der Waals surface area (Å²) in [5.74, 6) is 0.546. The topological polar surface area (TPSA) is 38.1 Å². The first-order valence-electron chi connectivity index (χ1n) is 3.53. The van der Waals surface area contributed by atoms with Crippen LogP contribution in [0.25, 0.3) is 0 Å². The molecule has 58 valence electrons. The molecular weight excluding hydrogens is 138 g/mol. The van der Waals surface area contributed by atoms with E-state index in [0.717, 1.165) is 11.4 Å². The van der Waals surface area contributed by atoms with Crippen molar-refractivity contribution in [2.75, 3.05) is 0 Å². The van der Waals surface area contributed by atoms with Crippen molar-refractivity contribution in [2.24, 2.45) is 4.99 Å². The van der Waals surface area contributed by atoms with Gasteiger partial charge < -0.3 is 0 Å². The molecule has 1 heterocycles. The molecular formula is C8H11N3. The van der Waals surface area contributed by atoms with Gasteiger partial charge in [0.15, 0.2) is 0 Å². The van der Waals surface area contributed by atoms with Crippen molar-refractivity contribution in [3.63, 3.8) is 0 Å². The normalized spacial score (nSPS) is 10.8. The molecule has 0 N–H and O–H groups in total. The minimum absolute atomic E-state index is 0.546. The van der Waals surface area contributed by atoms with Gasteiger partial charge in [-0.15, -0.1) is 0 Å². The minimum Gasteiger partial charge on any atom is -0.224 e. The predicted molar refractivity (Wildman–Crippen MR) is 45.3 cm³/mol. The van der Waals surface area contributed by atoms with Gasteiger partial charge in [-0.05, 0) is 26.8 Å². The van der Waals surface area contributed by atoms with Crippen LogP contribution in [-0.2, 0) is 0 Å². The van der Waals surface area contributed by atoms with Crippen molar-refractivity contribution in [2.45, 2.75) is 20.8 Å². The molecule has 0 atom stereocenters. The van der Waals surface area contributed by atoms with Gasteiger partial charge in [-0.3, -0.25) is 0 Å². The third-order valence-electron chi connectivity index (χ3n) is 1.22. The van der Waals surface area contributed by atoms with Gasteiger partial charge in [0.1, 0.15) is 0 Å². The molecule has 0 aliphatic rings. The van der Waals surface area contributed by atoms with Gasteiger partial charge >= 0.3 is 0 Å². The first-order valence-corrected chi connectivity index (χ1v) is 3.53. The van der Waals surface area contributed by atoms with E-state index < -0.39 is 0 Å². The van der Waals surface area contributed by atoms with Crippen molar-refractivity contribution in [1.82, 2.24) is 9.97 Å². The molecule has 11 heavy (non-hydrogen) atoms. The highest BCUT2D eigenvalue weighted by Crippen LogP contribution is 2.05. The Labute approximate surface area is 66.2 Å². The molecule has 0 saturated heterocycles. The molecule has 0 aromatic carbocycles. The zero-order valence-electron chi connectivity index (χ0n) is 7.00. The zero-order chi connectivity index (χ0) is 8.27. The maximum absolute atomic E-state index is 4.11. The van der Waals surface area contributed by atoms with E-state index in [2.05, 4.69) is 15.0 Å². The Hall–Kier alpha value is -1.25. The van der Waals surface area contributed by atoms with E-state index in [1.54, 1.807) is 6.21 Å². The summed E-state index contributed by atoms with van der Waals surface area (Å²) in [5, 5.41) is 0. The maximum atomic E-state index is 4.11. The summed E-state index contributed by atoms with van der Waals surface area (Å²) < 4.78 is 0. The maximum Gasteiger partial charge on any atom is 0.249 e. The van der Waals surface area contributed by atoms with Gasteiger partial charge in [-0.1, -0.05) is 0 Å². The van der Waals surface area contributed by atoms with Gasteiger partial charge in [0.2, 0.25) is 5.95 Å². The molecule has 0 bridgehead atoms. The summed E-state index contributed by atoms with van der Waals surface area (Å²) in [6, 6.07) is 1.93. The van der Waals surface area contributed by atoms with Gasteiger partial charge in [0, 0.05) is 17.6 Å². The lowest BCUT2D eigenvalue weighted by atomic mass is 10.4. The summed E-state index contributed by atoms with van der Waals surface area (Å²) in [6.07, 6.45) is 1.69. The molecule has 1 aromatic heterocycles. The van der Waals surface area contributed by atoms with E-state index in [0.29, 0.717) is 5.95 Å². The highest BCUT2D eigenvalue weighted by molar-refractivity contribution is 5.57. The Bertz CT molecular complexity index is 258. The molecule has 0 unspecified atom stereocenters. The Morgan fingerprint density at radius 3 is 2.27 bits per heavy atom. The third-order valence-corrected chi connectivity index (χ3v) is 1.22. The van der Waals surface area contributed by atoms with Crippen molar-refractivity contribution in [3.05, 3.63) is 17.5 Å². The van der Waals surface area contributed by atoms with E-state index in [1.807, 2.05) is 26.8 Å². The van der Waals surface area contributed by atoms with Crippen molar-refractivity contribution in [1.29, 1.82) is 0 Å². The quantitative estimate of drug-likeness (QED) is 0.571. The second kappa shape index (κ2) is 3.23. The number of aryl methyl sites for hydroxylation is 2. The average molecular weight is 149 g/mol. The second-order valence-corrected chi connectivity index (χ2v) is 2.34. The van der Waals surface area contributed by atoms with E-state index in [1.165, 1.54) is 0 Å². The van der Waals surface area contributed by atoms with Crippen LogP contribution in [0.4, 0.5) is 5.95 Å². The second-order valence-electron chi connectivity index (χ2n) is 2.34. The number of hydrogen-bond acceptors (Lipinski definition) is 3. The SMILES string of the molecule is CC=Nc1nc(C)cc(C)n1. The lowest BCUT2D eigenvalue weighted by molar-refractivity contribution is 1.04. The Kier molecular flexibility index (Phi) is 2.31. The molecule has 0 aliphatic heterocycles. The summed E-state index contributed by atoms with van der Waals surface area (Å²) in [6.45, 7) is 5.72. The average Bonchev–Trinajstić information content (AvgIpc) is 1.85. The Morgan fingerprint density at radius 2 is 1.82 bits per heavy atom.